The van der Waals surface area contributed by atoms with Crippen LogP contribution in [0, 0.1) is 6.92 Å². The molecule has 6 heteroatoms. The summed E-state index contributed by atoms with van der Waals surface area (Å²) >= 11 is 0. The zero-order valence-electron chi connectivity index (χ0n) is 11.7. The molecule has 102 valence electrons. The van der Waals surface area contributed by atoms with Crippen LogP contribution in [0.2, 0.25) is 0 Å². The van der Waals surface area contributed by atoms with Crippen molar-refractivity contribution in [3.8, 4) is 5.75 Å². The molecule has 0 saturated carbocycles. The van der Waals surface area contributed by atoms with Crippen molar-refractivity contribution < 1.29 is 4.74 Å². The van der Waals surface area contributed by atoms with Gasteiger partial charge in [-0.3, -0.25) is 4.68 Å². The van der Waals surface area contributed by atoms with Gasteiger partial charge in [0, 0.05) is 18.9 Å². The number of nitrogens with zero attached hydrogens (tertiary/aromatic N) is 4. The highest BCUT2D eigenvalue weighted by atomic mass is 16.5. The lowest BCUT2D eigenvalue weighted by molar-refractivity contribution is 0.399. The largest absolute Gasteiger partial charge is 0.493 e. The lowest BCUT2D eigenvalue weighted by Crippen LogP contribution is -2.24. The molecule has 1 N–H and O–H groups in total. The monoisotopic (exact) mass is 261 g/mol. The van der Waals surface area contributed by atoms with Gasteiger partial charge in [0.1, 0.15) is 11.7 Å². The van der Waals surface area contributed by atoms with Gasteiger partial charge in [-0.1, -0.05) is 0 Å². The van der Waals surface area contributed by atoms with Crippen molar-refractivity contribution in [2.24, 2.45) is 0 Å². The van der Waals surface area contributed by atoms with Gasteiger partial charge in [-0.25, -0.2) is 9.97 Å². The van der Waals surface area contributed by atoms with Gasteiger partial charge in [0.25, 0.3) is 0 Å². The van der Waals surface area contributed by atoms with E-state index in [0.717, 1.165) is 23.6 Å². The fraction of sp³-hybridized carbons (Fsp3) is 0.462. The molecule has 0 aliphatic rings. The van der Waals surface area contributed by atoms with E-state index in [4.69, 9.17) is 4.74 Å². The highest BCUT2D eigenvalue weighted by Crippen LogP contribution is 2.27. The predicted octanol–water partition coefficient (Wildman–Crippen LogP) is 1.32. The first-order valence-corrected chi connectivity index (χ1v) is 6.26. The number of rotatable bonds is 5. The molecule has 1 unspecified atom stereocenters. The maximum Gasteiger partial charge on any atom is 0.162 e. The molecule has 19 heavy (non-hydrogen) atoms. The smallest absolute Gasteiger partial charge is 0.162 e. The lowest BCUT2D eigenvalue weighted by Gasteiger charge is -2.17. The minimum atomic E-state index is -0.141. The van der Waals surface area contributed by atoms with Gasteiger partial charge in [0.15, 0.2) is 11.6 Å². The first-order valence-electron chi connectivity index (χ1n) is 6.26. The summed E-state index contributed by atoms with van der Waals surface area (Å²) in [5.41, 5.74) is 1.98. The fourth-order valence-corrected chi connectivity index (χ4v) is 2.02. The Labute approximate surface area is 112 Å². The Balaban J connectivity index is 2.46. The Morgan fingerprint density at radius 3 is 2.53 bits per heavy atom. The molecular formula is C13H19N5O. The number of hydrogen-bond donors (Lipinski definition) is 1. The van der Waals surface area contributed by atoms with E-state index in [-0.39, 0.29) is 6.04 Å². The number of aromatic nitrogens is 4. The zero-order chi connectivity index (χ0) is 13.8. The van der Waals surface area contributed by atoms with Crippen LogP contribution in [-0.4, -0.2) is 33.9 Å². The third kappa shape index (κ3) is 2.58. The van der Waals surface area contributed by atoms with Crippen LogP contribution in [0.25, 0.3) is 0 Å². The number of aryl methyl sites for hydroxylation is 2. The standard InChI is InChI=1S/C13H19N5O/c1-5-18-12(10(19-4)8-17-18)11(14-3)13-15-6-9(2)7-16-13/h6-8,11,14H,5H2,1-4H3. The summed E-state index contributed by atoms with van der Waals surface area (Å²) < 4.78 is 7.27. The summed E-state index contributed by atoms with van der Waals surface area (Å²) in [4.78, 5) is 8.77. The van der Waals surface area contributed by atoms with Crippen molar-refractivity contribution >= 4 is 0 Å². The molecule has 0 aliphatic heterocycles. The van der Waals surface area contributed by atoms with Crippen LogP contribution in [0.15, 0.2) is 18.6 Å². The Bertz CT molecular complexity index is 513. The third-order valence-corrected chi connectivity index (χ3v) is 2.99. The van der Waals surface area contributed by atoms with Crippen LogP contribution in [0.4, 0.5) is 0 Å². The summed E-state index contributed by atoms with van der Waals surface area (Å²) in [5.74, 6) is 1.45. The Morgan fingerprint density at radius 1 is 1.32 bits per heavy atom. The molecule has 2 aromatic heterocycles. The second kappa shape index (κ2) is 5.79. The average Bonchev–Trinajstić information content (AvgIpc) is 2.85. The first kappa shape index (κ1) is 13.5. The van der Waals surface area contributed by atoms with Gasteiger partial charge in [0.2, 0.25) is 0 Å². The zero-order valence-corrected chi connectivity index (χ0v) is 11.7. The first-order chi connectivity index (χ1) is 9.21. The van der Waals surface area contributed by atoms with E-state index in [9.17, 15) is 0 Å². The van der Waals surface area contributed by atoms with Crippen molar-refractivity contribution in [3.05, 3.63) is 35.7 Å². The van der Waals surface area contributed by atoms with Gasteiger partial charge in [-0.15, -0.1) is 0 Å². The maximum atomic E-state index is 5.38. The number of nitrogens with one attached hydrogen (secondary N) is 1. The van der Waals surface area contributed by atoms with Gasteiger partial charge >= 0.3 is 0 Å². The van der Waals surface area contributed by atoms with Gasteiger partial charge < -0.3 is 10.1 Å². The van der Waals surface area contributed by atoms with Crippen LogP contribution in [0.1, 0.15) is 30.0 Å². The molecule has 1 atom stereocenters. The molecule has 0 bridgehead atoms. The van der Waals surface area contributed by atoms with Crippen molar-refractivity contribution in [1.82, 2.24) is 25.1 Å². The van der Waals surface area contributed by atoms with Crippen LogP contribution >= 0.6 is 0 Å². The average molecular weight is 261 g/mol. The van der Waals surface area contributed by atoms with Gasteiger partial charge in [0.05, 0.1) is 13.3 Å². The Hall–Kier alpha value is -1.95. The molecule has 0 spiro atoms. The Morgan fingerprint density at radius 2 is 2.00 bits per heavy atom. The third-order valence-electron chi connectivity index (χ3n) is 2.99. The normalized spacial score (nSPS) is 12.4. The SMILES string of the molecule is CCn1ncc(OC)c1C(NC)c1ncc(C)cn1. The van der Waals surface area contributed by atoms with E-state index in [1.807, 2.05) is 38.0 Å². The van der Waals surface area contributed by atoms with Crippen molar-refractivity contribution in [2.45, 2.75) is 26.4 Å². The topological polar surface area (TPSA) is 64.9 Å². The predicted molar refractivity (Wildman–Crippen MR) is 72.1 cm³/mol. The minimum absolute atomic E-state index is 0.141. The van der Waals surface area contributed by atoms with E-state index >= 15 is 0 Å². The van der Waals surface area contributed by atoms with Gasteiger partial charge in [-0.2, -0.15) is 5.10 Å². The molecule has 0 saturated heterocycles. The molecule has 2 heterocycles. The van der Waals surface area contributed by atoms with E-state index in [1.165, 1.54) is 0 Å². The minimum Gasteiger partial charge on any atom is -0.493 e. The molecule has 6 nitrogen and oxygen atoms in total. The number of ether oxygens (including phenoxy) is 1. The molecule has 0 aliphatic carbocycles. The van der Waals surface area contributed by atoms with Crippen molar-refractivity contribution in [2.75, 3.05) is 14.2 Å². The van der Waals surface area contributed by atoms with Crippen LogP contribution in [-0.2, 0) is 6.54 Å². The maximum absolute atomic E-state index is 5.38. The molecule has 2 aromatic rings. The summed E-state index contributed by atoms with van der Waals surface area (Å²) in [5, 5.41) is 7.54. The quantitative estimate of drug-likeness (QED) is 0.879. The van der Waals surface area contributed by atoms with Crippen LogP contribution in [0.3, 0.4) is 0 Å². The Kier molecular flexibility index (Phi) is 4.11. The summed E-state index contributed by atoms with van der Waals surface area (Å²) in [7, 11) is 3.52. The van der Waals surface area contributed by atoms with E-state index < -0.39 is 0 Å². The van der Waals surface area contributed by atoms with Crippen molar-refractivity contribution in [1.29, 1.82) is 0 Å². The highest BCUT2D eigenvalue weighted by molar-refractivity contribution is 5.32. The fourth-order valence-electron chi connectivity index (χ4n) is 2.02. The number of hydrogen-bond acceptors (Lipinski definition) is 5. The second-order valence-corrected chi connectivity index (χ2v) is 4.25. The van der Waals surface area contributed by atoms with Crippen LogP contribution < -0.4 is 10.1 Å². The summed E-state index contributed by atoms with van der Waals surface area (Å²) in [6.07, 6.45) is 5.34. The molecule has 0 aromatic carbocycles. The molecule has 0 amide bonds. The summed E-state index contributed by atoms with van der Waals surface area (Å²) in [6, 6.07) is -0.141. The molecular weight excluding hydrogens is 242 g/mol. The van der Waals surface area contributed by atoms with Gasteiger partial charge in [-0.05, 0) is 26.5 Å². The second-order valence-electron chi connectivity index (χ2n) is 4.25. The van der Waals surface area contributed by atoms with Crippen LogP contribution in [0.5, 0.6) is 5.75 Å². The molecule has 0 radical (unpaired) electrons. The number of methoxy groups -OCH3 is 1. The molecule has 0 fully saturated rings. The van der Waals surface area contributed by atoms with Crippen molar-refractivity contribution in [3.63, 3.8) is 0 Å². The van der Waals surface area contributed by atoms with E-state index in [2.05, 4.69) is 20.4 Å². The highest BCUT2D eigenvalue weighted by Gasteiger charge is 2.23. The van der Waals surface area contributed by atoms with E-state index in [1.54, 1.807) is 13.3 Å². The summed E-state index contributed by atoms with van der Waals surface area (Å²) in [6.45, 7) is 4.77. The van der Waals surface area contributed by atoms with E-state index in [0.29, 0.717) is 5.82 Å². The molecule has 2 rings (SSSR count). The lowest BCUT2D eigenvalue weighted by atomic mass is 10.1.